The van der Waals surface area contributed by atoms with Crippen molar-refractivity contribution < 1.29 is 13.5 Å². The summed E-state index contributed by atoms with van der Waals surface area (Å²) in [6.07, 6.45) is 4.07. The Balaban J connectivity index is 1.70. The second kappa shape index (κ2) is 6.04. The minimum absolute atomic E-state index is 0.0753. The molecule has 2 aliphatic rings. The van der Waals surface area contributed by atoms with Crippen LogP contribution in [0.1, 0.15) is 30.4 Å². The fraction of sp³-hybridized carbons (Fsp3) is 0.600. The normalized spacial score (nSPS) is 24.1. The van der Waals surface area contributed by atoms with E-state index in [9.17, 15) is 13.5 Å². The lowest BCUT2D eigenvalue weighted by Crippen LogP contribution is -2.52. The molecule has 1 aromatic carbocycles. The summed E-state index contributed by atoms with van der Waals surface area (Å²) in [7, 11) is -3.52. The first kappa shape index (κ1) is 15.0. The van der Waals surface area contributed by atoms with Gasteiger partial charge in [-0.25, -0.2) is 0 Å². The van der Waals surface area contributed by atoms with Gasteiger partial charge in [-0.1, -0.05) is 30.7 Å². The van der Waals surface area contributed by atoms with Gasteiger partial charge in [0.2, 0.25) is 0 Å². The zero-order valence-electron chi connectivity index (χ0n) is 12.0. The minimum Gasteiger partial charge on any atom is -0.395 e. The van der Waals surface area contributed by atoms with Crippen LogP contribution in [0.25, 0.3) is 0 Å². The fourth-order valence-corrected chi connectivity index (χ4v) is 5.05. The molecule has 3 rings (SSSR count). The van der Waals surface area contributed by atoms with Crippen LogP contribution in [0.5, 0.6) is 0 Å². The first-order valence-corrected chi connectivity index (χ1v) is 9.01. The third-order valence-electron chi connectivity index (χ3n) is 4.46. The molecule has 0 bridgehead atoms. The summed E-state index contributed by atoms with van der Waals surface area (Å²) in [6, 6.07) is 7.74. The van der Waals surface area contributed by atoms with Crippen LogP contribution in [-0.2, 0) is 23.1 Å². The molecule has 116 valence electrons. The molecule has 2 N–H and O–H groups in total. The number of hydrogen-bond acceptors (Lipinski definition) is 3. The lowest BCUT2D eigenvalue weighted by Gasteiger charge is -2.34. The third-order valence-corrected chi connectivity index (χ3v) is 6.19. The van der Waals surface area contributed by atoms with Gasteiger partial charge in [0, 0.05) is 18.6 Å². The van der Waals surface area contributed by atoms with Gasteiger partial charge in [-0.05, 0) is 36.8 Å². The van der Waals surface area contributed by atoms with Crippen molar-refractivity contribution in [2.45, 2.75) is 44.2 Å². The molecule has 1 unspecified atom stereocenters. The maximum atomic E-state index is 12.6. The van der Waals surface area contributed by atoms with E-state index in [-0.39, 0.29) is 18.7 Å². The van der Waals surface area contributed by atoms with E-state index >= 15 is 0 Å². The molecule has 6 heteroatoms. The summed E-state index contributed by atoms with van der Waals surface area (Å²) in [4.78, 5) is 0. The Morgan fingerprint density at radius 1 is 1.19 bits per heavy atom. The Morgan fingerprint density at radius 3 is 2.48 bits per heavy atom. The molecular formula is C15H22N2O3S. The van der Waals surface area contributed by atoms with Crippen LogP contribution in [0, 0.1) is 0 Å². The zero-order chi connectivity index (χ0) is 14.9. The number of hydrogen-bond donors (Lipinski definition) is 2. The molecular weight excluding hydrogens is 288 g/mol. The predicted molar refractivity (Wildman–Crippen MR) is 81.1 cm³/mol. The summed E-state index contributed by atoms with van der Waals surface area (Å²) >= 11 is 0. The van der Waals surface area contributed by atoms with Crippen molar-refractivity contribution >= 4 is 10.2 Å². The van der Waals surface area contributed by atoms with Crippen LogP contribution >= 0.6 is 0 Å². The van der Waals surface area contributed by atoms with E-state index in [0.29, 0.717) is 6.54 Å². The molecule has 0 radical (unpaired) electrons. The van der Waals surface area contributed by atoms with Gasteiger partial charge in [-0.3, -0.25) is 0 Å². The monoisotopic (exact) mass is 310 g/mol. The standard InChI is InChI=1S/C15H22N2O3S/c18-11-15-7-3-4-8-17(15)21(19,20)16-14-9-12-5-1-2-6-13(12)10-14/h1-2,5-6,14-16,18H,3-4,7-11H2. The number of nitrogens with one attached hydrogen (secondary N) is 1. The number of fused-ring (bicyclic) bond motifs is 1. The van der Waals surface area contributed by atoms with Gasteiger partial charge >= 0.3 is 0 Å². The van der Waals surface area contributed by atoms with E-state index < -0.39 is 10.2 Å². The SMILES string of the molecule is O=S(=O)(NC1Cc2ccccc2C1)N1CCCCC1CO. The molecule has 0 aromatic heterocycles. The highest BCUT2D eigenvalue weighted by molar-refractivity contribution is 7.87. The largest absolute Gasteiger partial charge is 0.395 e. The molecule has 1 aliphatic heterocycles. The van der Waals surface area contributed by atoms with Gasteiger partial charge < -0.3 is 5.11 Å². The highest BCUT2D eigenvalue weighted by Gasteiger charge is 2.34. The van der Waals surface area contributed by atoms with E-state index in [0.717, 1.165) is 32.1 Å². The Kier molecular flexibility index (Phi) is 4.31. The van der Waals surface area contributed by atoms with E-state index in [1.165, 1.54) is 15.4 Å². The zero-order valence-corrected chi connectivity index (χ0v) is 12.8. The maximum Gasteiger partial charge on any atom is 0.280 e. The maximum absolute atomic E-state index is 12.6. The van der Waals surface area contributed by atoms with Crippen LogP contribution in [0.2, 0.25) is 0 Å². The number of piperidine rings is 1. The van der Waals surface area contributed by atoms with Crippen molar-refractivity contribution in [3.63, 3.8) is 0 Å². The molecule has 5 nitrogen and oxygen atoms in total. The summed E-state index contributed by atoms with van der Waals surface area (Å²) in [5, 5.41) is 9.39. The summed E-state index contributed by atoms with van der Waals surface area (Å²) in [5.74, 6) is 0. The van der Waals surface area contributed by atoms with Crippen molar-refractivity contribution in [1.29, 1.82) is 0 Å². The number of benzene rings is 1. The quantitative estimate of drug-likeness (QED) is 0.865. The smallest absolute Gasteiger partial charge is 0.280 e. The van der Waals surface area contributed by atoms with Crippen molar-refractivity contribution in [1.82, 2.24) is 9.03 Å². The number of aliphatic hydroxyl groups is 1. The molecule has 0 spiro atoms. The summed E-state index contributed by atoms with van der Waals surface area (Å²) < 4.78 is 29.4. The Hall–Kier alpha value is -0.950. The molecule has 1 heterocycles. The van der Waals surface area contributed by atoms with Gasteiger partial charge in [-0.15, -0.1) is 0 Å². The molecule has 1 aliphatic carbocycles. The van der Waals surface area contributed by atoms with Crippen molar-refractivity contribution in [3.8, 4) is 0 Å². The first-order chi connectivity index (χ1) is 10.1. The molecule has 1 aromatic rings. The second-order valence-corrected chi connectivity index (χ2v) is 7.59. The van der Waals surface area contributed by atoms with Crippen LogP contribution < -0.4 is 4.72 Å². The molecule has 1 atom stereocenters. The van der Waals surface area contributed by atoms with E-state index in [4.69, 9.17) is 0 Å². The molecule has 21 heavy (non-hydrogen) atoms. The van der Waals surface area contributed by atoms with Gasteiger partial charge in [0.15, 0.2) is 0 Å². The average molecular weight is 310 g/mol. The highest BCUT2D eigenvalue weighted by atomic mass is 32.2. The van der Waals surface area contributed by atoms with Gasteiger partial charge in [-0.2, -0.15) is 17.4 Å². The van der Waals surface area contributed by atoms with Gasteiger partial charge in [0.25, 0.3) is 10.2 Å². The van der Waals surface area contributed by atoms with Crippen LogP contribution in [-0.4, -0.2) is 43.1 Å². The van der Waals surface area contributed by atoms with E-state index in [2.05, 4.69) is 16.9 Å². The Morgan fingerprint density at radius 2 is 1.86 bits per heavy atom. The third kappa shape index (κ3) is 3.13. The lowest BCUT2D eigenvalue weighted by molar-refractivity contribution is 0.153. The van der Waals surface area contributed by atoms with Crippen LogP contribution in [0.4, 0.5) is 0 Å². The molecule has 1 fully saturated rings. The first-order valence-electron chi connectivity index (χ1n) is 7.57. The minimum atomic E-state index is -3.52. The van der Waals surface area contributed by atoms with Crippen LogP contribution in [0.15, 0.2) is 24.3 Å². The summed E-state index contributed by atoms with van der Waals surface area (Å²) in [5.41, 5.74) is 2.45. The van der Waals surface area contributed by atoms with Crippen molar-refractivity contribution in [2.24, 2.45) is 0 Å². The number of nitrogens with zero attached hydrogens (tertiary/aromatic N) is 1. The Labute approximate surface area is 126 Å². The number of aliphatic hydroxyl groups excluding tert-OH is 1. The van der Waals surface area contributed by atoms with Crippen molar-refractivity contribution in [2.75, 3.05) is 13.2 Å². The average Bonchev–Trinajstić information content (AvgIpc) is 2.88. The molecule has 0 saturated carbocycles. The second-order valence-electron chi connectivity index (χ2n) is 5.94. The topological polar surface area (TPSA) is 69.6 Å². The summed E-state index contributed by atoms with van der Waals surface area (Å²) in [6.45, 7) is 0.395. The predicted octanol–water partition coefficient (Wildman–Crippen LogP) is 0.835. The van der Waals surface area contributed by atoms with E-state index in [1.807, 2.05) is 12.1 Å². The molecule has 1 saturated heterocycles. The Bertz CT molecular complexity index is 578. The van der Waals surface area contributed by atoms with Crippen LogP contribution in [0.3, 0.4) is 0 Å². The van der Waals surface area contributed by atoms with Gasteiger partial charge in [0.05, 0.1) is 6.61 Å². The fourth-order valence-electron chi connectivity index (χ4n) is 3.39. The van der Waals surface area contributed by atoms with Crippen molar-refractivity contribution in [3.05, 3.63) is 35.4 Å². The highest BCUT2D eigenvalue weighted by Crippen LogP contribution is 2.24. The van der Waals surface area contributed by atoms with E-state index in [1.54, 1.807) is 0 Å². The molecule has 0 amide bonds. The van der Waals surface area contributed by atoms with Gasteiger partial charge in [0.1, 0.15) is 0 Å². The number of rotatable bonds is 4. The lowest BCUT2D eigenvalue weighted by atomic mass is 10.1.